The summed E-state index contributed by atoms with van der Waals surface area (Å²) in [6.45, 7) is 0. The van der Waals surface area contributed by atoms with E-state index in [4.69, 9.17) is 10.00 Å². The molecule has 2 aromatic carbocycles. The van der Waals surface area contributed by atoms with Crippen molar-refractivity contribution >= 4 is 16.9 Å². The molecule has 0 aliphatic heterocycles. The first-order valence-electron chi connectivity index (χ1n) is 5.34. The van der Waals surface area contributed by atoms with Gasteiger partial charge >= 0.3 is 0 Å². The summed E-state index contributed by atoms with van der Waals surface area (Å²) in [6, 6.07) is 12.3. The molecule has 0 radical (unpaired) electrons. The van der Waals surface area contributed by atoms with Crippen LogP contribution in [0.15, 0.2) is 41.4 Å². The number of hydrogen-bond donors (Lipinski definition) is 0. The lowest BCUT2D eigenvalue weighted by Crippen LogP contribution is -1.98. The Morgan fingerprint density at radius 2 is 2.06 bits per heavy atom. The molecule has 0 N–H and O–H groups in total. The van der Waals surface area contributed by atoms with E-state index >= 15 is 0 Å². The first kappa shape index (κ1) is 11.8. The first-order chi connectivity index (χ1) is 8.81. The van der Waals surface area contributed by atoms with Crippen molar-refractivity contribution in [2.45, 2.75) is 6.04 Å². The van der Waals surface area contributed by atoms with Gasteiger partial charge in [0, 0.05) is 5.56 Å². The SMILES string of the molecule is COc1ccc2ccccc2c1C(C#N)N=C=O. The number of hydrogen-bond acceptors (Lipinski definition) is 4. The highest BCUT2D eigenvalue weighted by atomic mass is 16.5. The van der Waals surface area contributed by atoms with Gasteiger partial charge < -0.3 is 4.74 Å². The van der Waals surface area contributed by atoms with Crippen LogP contribution in [0.1, 0.15) is 11.6 Å². The maximum Gasteiger partial charge on any atom is 0.236 e. The molecule has 0 amide bonds. The van der Waals surface area contributed by atoms with E-state index in [-0.39, 0.29) is 0 Å². The molecule has 0 saturated heterocycles. The number of methoxy groups -OCH3 is 1. The standard InChI is InChI=1S/C14H10N2O2/c1-18-13-7-6-10-4-2-3-5-11(10)14(13)12(8-15)16-9-17/h2-7,12H,1H3. The molecule has 0 aliphatic carbocycles. The highest BCUT2D eigenvalue weighted by Crippen LogP contribution is 2.34. The van der Waals surface area contributed by atoms with Gasteiger partial charge in [0.15, 0.2) is 6.04 Å². The summed E-state index contributed by atoms with van der Waals surface area (Å²) < 4.78 is 5.24. The van der Waals surface area contributed by atoms with Crippen molar-refractivity contribution in [2.24, 2.45) is 4.99 Å². The van der Waals surface area contributed by atoms with Gasteiger partial charge in [-0.1, -0.05) is 30.3 Å². The Morgan fingerprint density at radius 3 is 2.72 bits per heavy atom. The number of fused-ring (bicyclic) bond motifs is 1. The van der Waals surface area contributed by atoms with Gasteiger partial charge in [-0.05, 0) is 16.8 Å². The van der Waals surface area contributed by atoms with Gasteiger partial charge in [-0.3, -0.25) is 0 Å². The van der Waals surface area contributed by atoms with Crippen molar-refractivity contribution in [2.75, 3.05) is 7.11 Å². The topological polar surface area (TPSA) is 62.4 Å². The largest absolute Gasteiger partial charge is 0.496 e. The zero-order chi connectivity index (χ0) is 13.0. The summed E-state index contributed by atoms with van der Waals surface area (Å²) in [5, 5.41) is 10.9. The van der Waals surface area contributed by atoms with Crippen LogP contribution in [0.4, 0.5) is 0 Å². The fourth-order valence-electron chi connectivity index (χ4n) is 1.95. The summed E-state index contributed by atoms with van der Waals surface area (Å²) in [7, 11) is 1.52. The molecular formula is C14H10N2O2. The van der Waals surface area contributed by atoms with Crippen LogP contribution in [-0.2, 0) is 4.79 Å². The molecule has 88 valence electrons. The Morgan fingerprint density at radius 1 is 1.28 bits per heavy atom. The molecule has 1 atom stereocenters. The summed E-state index contributed by atoms with van der Waals surface area (Å²) in [6.07, 6.45) is 1.43. The predicted molar refractivity (Wildman–Crippen MR) is 67.0 cm³/mol. The smallest absolute Gasteiger partial charge is 0.236 e. The summed E-state index contributed by atoms with van der Waals surface area (Å²) >= 11 is 0. The third-order valence-electron chi connectivity index (χ3n) is 2.73. The van der Waals surface area contributed by atoms with Crippen molar-refractivity contribution in [3.8, 4) is 11.8 Å². The fraction of sp³-hybridized carbons (Fsp3) is 0.143. The number of aliphatic imine (C=N–C) groups is 1. The number of nitriles is 1. The van der Waals surface area contributed by atoms with E-state index in [0.717, 1.165) is 10.8 Å². The normalized spacial score (nSPS) is 11.3. The van der Waals surface area contributed by atoms with E-state index in [9.17, 15) is 4.79 Å². The van der Waals surface area contributed by atoms with Gasteiger partial charge in [-0.15, -0.1) is 0 Å². The molecule has 1 unspecified atom stereocenters. The van der Waals surface area contributed by atoms with Gasteiger partial charge in [0.1, 0.15) is 5.75 Å². The van der Waals surface area contributed by atoms with E-state index in [2.05, 4.69) is 4.99 Å². The van der Waals surface area contributed by atoms with Gasteiger partial charge in [-0.2, -0.15) is 10.3 Å². The van der Waals surface area contributed by atoms with Crippen molar-refractivity contribution in [1.82, 2.24) is 0 Å². The Labute approximate surface area is 104 Å². The van der Waals surface area contributed by atoms with Crippen LogP contribution >= 0.6 is 0 Å². The minimum atomic E-state index is -0.899. The minimum Gasteiger partial charge on any atom is -0.496 e. The average molecular weight is 238 g/mol. The second kappa shape index (κ2) is 5.13. The van der Waals surface area contributed by atoms with Crippen LogP contribution in [0.25, 0.3) is 10.8 Å². The minimum absolute atomic E-state index is 0.541. The molecular weight excluding hydrogens is 228 g/mol. The molecule has 0 bridgehead atoms. The van der Waals surface area contributed by atoms with E-state index in [1.54, 1.807) is 6.07 Å². The van der Waals surface area contributed by atoms with Crippen LogP contribution in [-0.4, -0.2) is 13.2 Å². The van der Waals surface area contributed by atoms with Crippen LogP contribution in [0.5, 0.6) is 5.75 Å². The molecule has 0 fully saturated rings. The molecule has 0 saturated carbocycles. The zero-order valence-electron chi connectivity index (χ0n) is 9.75. The van der Waals surface area contributed by atoms with Gasteiger partial charge in [0.05, 0.1) is 13.2 Å². The van der Waals surface area contributed by atoms with Crippen LogP contribution in [0.2, 0.25) is 0 Å². The quantitative estimate of drug-likeness (QED) is 0.610. The van der Waals surface area contributed by atoms with Crippen LogP contribution in [0, 0.1) is 11.3 Å². The Bertz CT molecular complexity index is 667. The highest BCUT2D eigenvalue weighted by Gasteiger charge is 2.18. The summed E-state index contributed by atoms with van der Waals surface area (Å²) in [4.78, 5) is 13.9. The molecule has 18 heavy (non-hydrogen) atoms. The molecule has 0 heterocycles. The van der Waals surface area contributed by atoms with Crippen molar-refractivity contribution < 1.29 is 9.53 Å². The molecule has 0 aliphatic rings. The third-order valence-corrected chi connectivity index (χ3v) is 2.73. The number of isocyanates is 1. The van der Waals surface area contributed by atoms with E-state index in [1.165, 1.54) is 13.2 Å². The molecule has 2 rings (SSSR count). The average Bonchev–Trinajstić information content (AvgIpc) is 2.43. The van der Waals surface area contributed by atoms with Crippen molar-refractivity contribution in [3.05, 3.63) is 42.0 Å². The zero-order valence-corrected chi connectivity index (χ0v) is 9.75. The highest BCUT2D eigenvalue weighted by molar-refractivity contribution is 5.88. The number of benzene rings is 2. The van der Waals surface area contributed by atoms with Crippen molar-refractivity contribution in [3.63, 3.8) is 0 Å². The Kier molecular flexibility index (Phi) is 3.38. The number of nitrogens with zero attached hydrogens (tertiary/aromatic N) is 2. The van der Waals surface area contributed by atoms with E-state index < -0.39 is 6.04 Å². The van der Waals surface area contributed by atoms with Gasteiger partial charge in [0.2, 0.25) is 6.08 Å². The lowest BCUT2D eigenvalue weighted by Gasteiger charge is -2.12. The molecule has 0 aromatic heterocycles. The second-order valence-electron chi connectivity index (χ2n) is 3.65. The Hall–Kier alpha value is -2.63. The monoisotopic (exact) mass is 238 g/mol. The number of ether oxygens (including phenoxy) is 1. The molecule has 4 nitrogen and oxygen atoms in total. The third kappa shape index (κ3) is 1.95. The van der Waals surface area contributed by atoms with Crippen LogP contribution < -0.4 is 4.74 Å². The molecule has 0 spiro atoms. The number of rotatable bonds is 3. The predicted octanol–water partition coefficient (Wildman–Crippen LogP) is 2.75. The lowest BCUT2D eigenvalue weighted by molar-refractivity contribution is 0.409. The maximum atomic E-state index is 10.4. The van der Waals surface area contributed by atoms with Crippen LogP contribution in [0.3, 0.4) is 0 Å². The number of carbonyl (C=O) groups excluding carboxylic acids is 1. The van der Waals surface area contributed by atoms with Gasteiger partial charge in [0.25, 0.3) is 0 Å². The first-order valence-corrected chi connectivity index (χ1v) is 5.34. The second-order valence-corrected chi connectivity index (χ2v) is 3.65. The molecule has 4 heteroatoms. The maximum absolute atomic E-state index is 10.4. The van der Waals surface area contributed by atoms with Gasteiger partial charge in [-0.25, -0.2) is 4.79 Å². The molecule has 2 aromatic rings. The summed E-state index contributed by atoms with van der Waals surface area (Å²) in [5.74, 6) is 0.541. The van der Waals surface area contributed by atoms with Crippen molar-refractivity contribution in [1.29, 1.82) is 5.26 Å². The lowest BCUT2D eigenvalue weighted by atomic mass is 9.98. The van der Waals surface area contributed by atoms with E-state index in [0.29, 0.717) is 11.3 Å². The van der Waals surface area contributed by atoms with E-state index in [1.807, 2.05) is 36.4 Å². The fourth-order valence-corrected chi connectivity index (χ4v) is 1.95. The summed E-state index contributed by atoms with van der Waals surface area (Å²) in [5.41, 5.74) is 0.599. The Balaban J connectivity index is 2.80.